The van der Waals surface area contributed by atoms with Crippen molar-refractivity contribution in [3.63, 3.8) is 0 Å². The van der Waals surface area contributed by atoms with Crippen molar-refractivity contribution in [1.29, 1.82) is 0 Å². The average Bonchev–Trinajstić information content (AvgIpc) is 3.61. The van der Waals surface area contributed by atoms with Crippen molar-refractivity contribution in [2.24, 2.45) is 0 Å². The number of nitrogens with one attached hydrogen (secondary N) is 6. The lowest BCUT2D eigenvalue weighted by Crippen LogP contribution is -2.52. The number of hydrogen-bond donors (Lipinski definition) is 6. The Labute approximate surface area is 267 Å². The van der Waals surface area contributed by atoms with Gasteiger partial charge in [-0.3, -0.25) is 15.2 Å². The van der Waals surface area contributed by atoms with Gasteiger partial charge in [0.25, 0.3) is 0 Å². The molecule has 0 saturated carbocycles. The molecule has 3 aromatic carbocycles. The first-order valence-corrected chi connectivity index (χ1v) is 15.2. The van der Waals surface area contributed by atoms with Gasteiger partial charge in [0.1, 0.15) is 6.04 Å². The van der Waals surface area contributed by atoms with Gasteiger partial charge in [-0.15, -0.1) is 0 Å². The number of nitrogens with zero attached hydrogens (tertiary/aromatic N) is 1. The molecule has 1 fully saturated rings. The molecule has 0 bridgehead atoms. The largest absolute Gasteiger partial charge is 0.453 e. The lowest BCUT2D eigenvalue weighted by atomic mass is 9.84. The second-order valence-corrected chi connectivity index (χ2v) is 11.0. The van der Waals surface area contributed by atoms with Gasteiger partial charge >= 0.3 is 12.1 Å². The first kappa shape index (κ1) is 32.2. The second kappa shape index (κ2) is 16.2. The summed E-state index contributed by atoms with van der Waals surface area (Å²) in [5.41, 5.74) is 3.38. The molecule has 2 heterocycles. The first-order chi connectivity index (χ1) is 22.5. The third-order valence-electron chi connectivity index (χ3n) is 7.82. The van der Waals surface area contributed by atoms with Gasteiger partial charge in [0, 0.05) is 43.0 Å². The number of rotatable bonds is 12. The molecule has 4 aromatic rings. The summed E-state index contributed by atoms with van der Waals surface area (Å²) in [5, 5.41) is 21.3. The molecule has 12 heteroatoms. The van der Waals surface area contributed by atoms with Gasteiger partial charge in [0.05, 0.1) is 19.8 Å². The van der Waals surface area contributed by atoms with E-state index in [1.165, 1.54) is 7.11 Å². The summed E-state index contributed by atoms with van der Waals surface area (Å²) < 4.78 is 11.0. The Morgan fingerprint density at radius 1 is 0.935 bits per heavy atom. The molecule has 1 unspecified atom stereocenters. The number of benzene rings is 3. The van der Waals surface area contributed by atoms with Gasteiger partial charge in [-0.05, 0) is 35.6 Å². The molecule has 1 aliphatic heterocycles. The molecule has 12 nitrogen and oxygen atoms in total. The number of aromatic nitrogens is 2. The number of carbonyl (C=O) groups excluding carboxylic acids is 3. The Morgan fingerprint density at radius 3 is 2.26 bits per heavy atom. The number of aryl methyl sites for hydroxylation is 1. The Morgan fingerprint density at radius 2 is 1.63 bits per heavy atom. The highest BCUT2D eigenvalue weighted by atomic mass is 16.5. The van der Waals surface area contributed by atoms with E-state index >= 15 is 0 Å². The summed E-state index contributed by atoms with van der Waals surface area (Å²) in [6.45, 7) is 1.49. The average molecular weight is 626 g/mol. The number of para-hydroxylation sites is 1. The predicted molar refractivity (Wildman–Crippen MR) is 175 cm³/mol. The van der Waals surface area contributed by atoms with E-state index in [1.54, 1.807) is 12.3 Å². The normalized spacial score (nSPS) is 16.7. The van der Waals surface area contributed by atoms with Crippen LogP contribution in [0.4, 0.5) is 21.1 Å². The van der Waals surface area contributed by atoms with Crippen molar-refractivity contribution in [2.45, 2.75) is 36.9 Å². The SMILES string of the molecule is COC(=O)NC(C(=O)Nc1ccccc1CC[C@@H]1CN[C@H](CNC(=O)Nc2cc[nH]n2)CO1)C(c1ccccc1)c1ccccc1. The standard InChI is InChI=1S/C34H39N7O5/c1-45-34(44)40-31(30(24-11-4-2-5-12-24)25-13-6-3-7-14-25)32(42)38-28-15-9-8-10-23(28)16-17-27-21-35-26(22-46-27)20-36-33(43)39-29-18-19-37-41-29/h2-15,18-19,26-27,30-31,35H,16-17,20-22H2,1H3,(H,38,42)(H,40,44)(H3,36,37,39,41,43)/t26-,27-,31?/m1/s1. The van der Waals surface area contributed by atoms with E-state index in [9.17, 15) is 14.4 Å². The summed E-state index contributed by atoms with van der Waals surface area (Å²) >= 11 is 0. The zero-order valence-electron chi connectivity index (χ0n) is 25.6. The van der Waals surface area contributed by atoms with Crippen LogP contribution in [0.1, 0.15) is 29.0 Å². The molecule has 5 rings (SSSR count). The lowest BCUT2D eigenvalue weighted by molar-refractivity contribution is -0.118. The molecule has 1 aliphatic rings. The van der Waals surface area contributed by atoms with Crippen molar-refractivity contribution in [1.82, 2.24) is 26.1 Å². The second-order valence-electron chi connectivity index (χ2n) is 11.0. The number of carbonyl (C=O) groups is 3. The highest BCUT2D eigenvalue weighted by Crippen LogP contribution is 2.30. The molecular weight excluding hydrogens is 586 g/mol. The van der Waals surface area contributed by atoms with Crippen LogP contribution in [0.5, 0.6) is 0 Å². The predicted octanol–water partition coefficient (Wildman–Crippen LogP) is 4.02. The zero-order valence-corrected chi connectivity index (χ0v) is 25.6. The van der Waals surface area contributed by atoms with Crippen LogP contribution in [0.15, 0.2) is 97.2 Å². The first-order valence-electron chi connectivity index (χ1n) is 15.2. The van der Waals surface area contributed by atoms with E-state index in [4.69, 9.17) is 9.47 Å². The minimum Gasteiger partial charge on any atom is -0.453 e. The van der Waals surface area contributed by atoms with E-state index in [0.29, 0.717) is 37.6 Å². The third kappa shape index (κ3) is 8.93. The summed E-state index contributed by atoms with van der Waals surface area (Å²) in [4.78, 5) is 38.6. The highest BCUT2D eigenvalue weighted by Gasteiger charge is 2.33. The van der Waals surface area contributed by atoms with Crippen LogP contribution in [-0.4, -0.2) is 73.2 Å². The van der Waals surface area contributed by atoms with Crippen LogP contribution >= 0.6 is 0 Å². The molecule has 46 heavy (non-hydrogen) atoms. The van der Waals surface area contributed by atoms with Crippen LogP contribution in [0.2, 0.25) is 0 Å². The number of amides is 4. The molecule has 3 atom stereocenters. The molecule has 1 saturated heterocycles. The fraction of sp³-hybridized carbons (Fsp3) is 0.294. The Bertz CT molecular complexity index is 1510. The number of H-pyrrole nitrogens is 1. The summed E-state index contributed by atoms with van der Waals surface area (Å²) in [5.74, 6) is -0.378. The van der Waals surface area contributed by atoms with Crippen molar-refractivity contribution in [3.8, 4) is 0 Å². The number of methoxy groups -OCH3 is 1. The molecular formula is C34H39N7O5. The van der Waals surface area contributed by atoms with Crippen LogP contribution in [0, 0.1) is 0 Å². The van der Waals surface area contributed by atoms with E-state index in [1.807, 2.05) is 84.9 Å². The quantitative estimate of drug-likeness (QED) is 0.139. The maximum atomic E-state index is 14.0. The van der Waals surface area contributed by atoms with Crippen LogP contribution in [-0.2, 0) is 20.7 Å². The summed E-state index contributed by atoms with van der Waals surface area (Å²) in [6, 6.07) is 27.2. The highest BCUT2D eigenvalue weighted by molar-refractivity contribution is 5.98. The maximum Gasteiger partial charge on any atom is 0.407 e. The fourth-order valence-corrected chi connectivity index (χ4v) is 5.46. The van der Waals surface area contributed by atoms with E-state index in [0.717, 1.165) is 23.1 Å². The number of hydrogen-bond acceptors (Lipinski definition) is 7. The van der Waals surface area contributed by atoms with Crippen molar-refractivity contribution < 1.29 is 23.9 Å². The number of ether oxygens (including phenoxy) is 2. The molecule has 1 aromatic heterocycles. The van der Waals surface area contributed by atoms with Crippen molar-refractivity contribution >= 4 is 29.5 Å². The number of morpholine rings is 1. The van der Waals surface area contributed by atoms with Crippen LogP contribution in [0.25, 0.3) is 0 Å². The minimum atomic E-state index is -0.955. The van der Waals surface area contributed by atoms with Gasteiger partial charge in [-0.1, -0.05) is 78.9 Å². The van der Waals surface area contributed by atoms with Crippen molar-refractivity contribution in [3.05, 3.63) is 114 Å². The Balaban J connectivity index is 1.20. The summed E-state index contributed by atoms with van der Waals surface area (Å²) in [6.07, 6.45) is 2.28. The number of aromatic amines is 1. The Hall–Kier alpha value is -5.20. The number of alkyl carbamates (subject to hydrolysis) is 1. The zero-order chi connectivity index (χ0) is 32.1. The monoisotopic (exact) mass is 625 g/mol. The lowest BCUT2D eigenvalue weighted by Gasteiger charge is -2.31. The van der Waals surface area contributed by atoms with E-state index < -0.39 is 18.1 Å². The molecule has 4 amide bonds. The maximum absolute atomic E-state index is 14.0. The number of anilines is 2. The topological polar surface area (TPSA) is 158 Å². The third-order valence-corrected chi connectivity index (χ3v) is 7.82. The molecule has 240 valence electrons. The van der Waals surface area contributed by atoms with Gasteiger partial charge in [0.15, 0.2) is 5.82 Å². The molecule has 0 aliphatic carbocycles. The fourth-order valence-electron chi connectivity index (χ4n) is 5.46. The van der Waals surface area contributed by atoms with Gasteiger partial charge in [0.2, 0.25) is 5.91 Å². The van der Waals surface area contributed by atoms with Crippen LogP contribution < -0.4 is 26.6 Å². The molecule has 0 spiro atoms. The summed E-state index contributed by atoms with van der Waals surface area (Å²) in [7, 11) is 1.28. The van der Waals surface area contributed by atoms with Gasteiger partial charge in [-0.25, -0.2) is 9.59 Å². The number of urea groups is 1. The van der Waals surface area contributed by atoms with Gasteiger partial charge in [-0.2, -0.15) is 5.10 Å². The Kier molecular flexibility index (Phi) is 11.3. The van der Waals surface area contributed by atoms with E-state index in [2.05, 4.69) is 36.8 Å². The molecule has 6 N–H and O–H groups in total. The minimum absolute atomic E-state index is 0.0193. The van der Waals surface area contributed by atoms with Gasteiger partial charge < -0.3 is 30.7 Å². The van der Waals surface area contributed by atoms with E-state index in [-0.39, 0.29) is 24.1 Å². The molecule has 0 radical (unpaired) electrons. The van der Waals surface area contributed by atoms with Crippen molar-refractivity contribution in [2.75, 3.05) is 37.4 Å². The van der Waals surface area contributed by atoms with Crippen LogP contribution in [0.3, 0.4) is 0 Å². The smallest absolute Gasteiger partial charge is 0.407 e.